The van der Waals surface area contributed by atoms with Gasteiger partial charge in [0, 0.05) is 24.0 Å². The van der Waals surface area contributed by atoms with Crippen LogP contribution in [0.1, 0.15) is 25.6 Å². The van der Waals surface area contributed by atoms with E-state index in [0.29, 0.717) is 23.2 Å². The van der Waals surface area contributed by atoms with Crippen LogP contribution >= 0.6 is 11.3 Å². The molecular formula is C20H14F2N2O2S. The zero-order valence-electron chi connectivity index (χ0n) is 14.0. The topological polar surface area (TPSA) is 49.4 Å². The van der Waals surface area contributed by atoms with E-state index in [0.717, 1.165) is 29.8 Å². The SMILES string of the molecule is O=C(Nc1ccc2c(c1)N(C(=O)c1cccs1)CC2)c1ccc(F)cc1F. The van der Waals surface area contributed by atoms with Gasteiger partial charge in [0.2, 0.25) is 0 Å². The maximum absolute atomic E-state index is 13.8. The lowest BCUT2D eigenvalue weighted by Gasteiger charge is -2.17. The summed E-state index contributed by atoms with van der Waals surface area (Å²) in [6, 6.07) is 11.6. The summed E-state index contributed by atoms with van der Waals surface area (Å²) < 4.78 is 26.8. The van der Waals surface area contributed by atoms with Crippen LogP contribution in [0.25, 0.3) is 0 Å². The molecule has 7 heteroatoms. The maximum Gasteiger partial charge on any atom is 0.268 e. The third kappa shape index (κ3) is 3.33. The van der Waals surface area contributed by atoms with Crippen molar-refractivity contribution < 1.29 is 18.4 Å². The Bertz CT molecular complexity index is 1030. The summed E-state index contributed by atoms with van der Waals surface area (Å²) in [5.41, 5.74) is 1.92. The summed E-state index contributed by atoms with van der Waals surface area (Å²) >= 11 is 1.37. The van der Waals surface area contributed by atoms with E-state index in [1.807, 2.05) is 17.5 Å². The van der Waals surface area contributed by atoms with Crippen LogP contribution in [0.15, 0.2) is 53.9 Å². The molecule has 0 saturated heterocycles. The molecule has 0 atom stereocenters. The Labute approximate surface area is 158 Å². The lowest BCUT2D eigenvalue weighted by atomic mass is 10.1. The van der Waals surface area contributed by atoms with Gasteiger partial charge in [-0.05, 0) is 47.7 Å². The number of carbonyl (C=O) groups excluding carboxylic acids is 2. The molecule has 27 heavy (non-hydrogen) atoms. The van der Waals surface area contributed by atoms with E-state index in [2.05, 4.69) is 5.32 Å². The van der Waals surface area contributed by atoms with Crippen LogP contribution in [0.3, 0.4) is 0 Å². The van der Waals surface area contributed by atoms with E-state index >= 15 is 0 Å². The van der Waals surface area contributed by atoms with E-state index < -0.39 is 17.5 Å². The minimum absolute atomic E-state index is 0.0863. The second-order valence-corrected chi connectivity index (χ2v) is 7.05. The minimum Gasteiger partial charge on any atom is -0.322 e. The van der Waals surface area contributed by atoms with Crippen molar-refractivity contribution in [2.24, 2.45) is 0 Å². The number of amides is 2. The molecule has 0 bridgehead atoms. The molecule has 3 aromatic rings. The van der Waals surface area contributed by atoms with Crippen LogP contribution in [-0.4, -0.2) is 18.4 Å². The van der Waals surface area contributed by atoms with Crippen molar-refractivity contribution in [1.29, 1.82) is 0 Å². The summed E-state index contributed by atoms with van der Waals surface area (Å²) in [7, 11) is 0. The monoisotopic (exact) mass is 384 g/mol. The highest BCUT2D eigenvalue weighted by molar-refractivity contribution is 7.12. The number of hydrogen-bond donors (Lipinski definition) is 1. The molecule has 0 fully saturated rings. The van der Waals surface area contributed by atoms with Crippen LogP contribution in [0.2, 0.25) is 0 Å². The average Bonchev–Trinajstić information content (AvgIpc) is 3.31. The largest absolute Gasteiger partial charge is 0.322 e. The molecule has 1 aliphatic rings. The number of anilines is 2. The minimum atomic E-state index is -0.928. The van der Waals surface area contributed by atoms with Gasteiger partial charge in [0.05, 0.1) is 10.4 Å². The molecular weight excluding hydrogens is 370 g/mol. The van der Waals surface area contributed by atoms with Crippen molar-refractivity contribution in [2.45, 2.75) is 6.42 Å². The molecule has 1 aliphatic heterocycles. The molecule has 0 unspecified atom stereocenters. The maximum atomic E-state index is 13.8. The number of thiophene rings is 1. The second-order valence-electron chi connectivity index (χ2n) is 6.11. The second kappa shape index (κ2) is 6.92. The Morgan fingerprint density at radius 3 is 2.67 bits per heavy atom. The molecule has 0 aliphatic carbocycles. The fraction of sp³-hybridized carbons (Fsp3) is 0.100. The molecule has 2 amide bonds. The predicted octanol–water partition coefficient (Wildman–Crippen LogP) is 4.48. The Balaban J connectivity index is 1.58. The first kappa shape index (κ1) is 17.4. The van der Waals surface area contributed by atoms with Crippen LogP contribution in [0.4, 0.5) is 20.2 Å². The smallest absolute Gasteiger partial charge is 0.268 e. The molecule has 2 aromatic carbocycles. The number of nitrogens with zero attached hydrogens (tertiary/aromatic N) is 1. The van der Waals surface area contributed by atoms with E-state index in [4.69, 9.17) is 0 Å². The van der Waals surface area contributed by atoms with Crippen molar-refractivity contribution in [3.63, 3.8) is 0 Å². The van der Waals surface area contributed by atoms with Crippen molar-refractivity contribution in [2.75, 3.05) is 16.8 Å². The normalized spacial score (nSPS) is 12.7. The van der Waals surface area contributed by atoms with Gasteiger partial charge in [-0.2, -0.15) is 0 Å². The number of fused-ring (bicyclic) bond motifs is 1. The zero-order valence-corrected chi connectivity index (χ0v) is 14.9. The molecule has 4 rings (SSSR count). The number of hydrogen-bond acceptors (Lipinski definition) is 3. The zero-order chi connectivity index (χ0) is 19.0. The lowest BCUT2D eigenvalue weighted by Crippen LogP contribution is -2.28. The van der Waals surface area contributed by atoms with Crippen molar-refractivity contribution in [3.05, 3.63) is 81.5 Å². The van der Waals surface area contributed by atoms with Crippen molar-refractivity contribution in [3.8, 4) is 0 Å². The molecule has 2 heterocycles. The molecule has 0 saturated carbocycles. The van der Waals surface area contributed by atoms with Gasteiger partial charge in [0.25, 0.3) is 11.8 Å². The first-order valence-corrected chi connectivity index (χ1v) is 9.15. The van der Waals surface area contributed by atoms with Gasteiger partial charge < -0.3 is 10.2 Å². The molecule has 136 valence electrons. The summed E-state index contributed by atoms with van der Waals surface area (Å²) in [6.07, 6.45) is 0.729. The summed E-state index contributed by atoms with van der Waals surface area (Å²) in [5, 5.41) is 4.45. The lowest BCUT2D eigenvalue weighted by molar-refractivity contribution is 0.0991. The Morgan fingerprint density at radius 2 is 1.93 bits per heavy atom. The number of nitrogens with one attached hydrogen (secondary N) is 1. The van der Waals surface area contributed by atoms with Gasteiger partial charge in [0.1, 0.15) is 11.6 Å². The highest BCUT2D eigenvalue weighted by Crippen LogP contribution is 2.32. The van der Waals surface area contributed by atoms with Crippen LogP contribution in [0, 0.1) is 11.6 Å². The summed E-state index contributed by atoms with van der Waals surface area (Å²) in [4.78, 5) is 27.3. The fourth-order valence-electron chi connectivity index (χ4n) is 3.07. The fourth-order valence-corrected chi connectivity index (χ4v) is 3.75. The van der Waals surface area contributed by atoms with Gasteiger partial charge in [-0.25, -0.2) is 8.78 Å². The molecule has 1 N–H and O–H groups in total. The molecule has 0 radical (unpaired) electrons. The van der Waals surface area contributed by atoms with Gasteiger partial charge in [-0.15, -0.1) is 11.3 Å². The van der Waals surface area contributed by atoms with Gasteiger partial charge in [-0.3, -0.25) is 9.59 Å². The highest BCUT2D eigenvalue weighted by Gasteiger charge is 2.26. The number of rotatable bonds is 3. The van der Waals surface area contributed by atoms with Gasteiger partial charge in [-0.1, -0.05) is 12.1 Å². The molecule has 4 nitrogen and oxygen atoms in total. The molecule has 1 aromatic heterocycles. The van der Waals surface area contributed by atoms with Crippen LogP contribution in [0.5, 0.6) is 0 Å². The third-order valence-electron chi connectivity index (χ3n) is 4.39. The van der Waals surface area contributed by atoms with Gasteiger partial charge >= 0.3 is 0 Å². The van der Waals surface area contributed by atoms with Gasteiger partial charge in [0.15, 0.2) is 0 Å². The van der Waals surface area contributed by atoms with Crippen LogP contribution in [-0.2, 0) is 6.42 Å². The Kier molecular flexibility index (Phi) is 4.45. The number of carbonyl (C=O) groups is 2. The molecule has 0 spiro atoms. The third-order valence-corrected chi connectivity index (χ3v) is 5.25. The van der Waals surface area contributed by atoms with E-state index in [1.54, 1.807) is 23.1 Å². The Morgan fingerprint density at radius 1 is 1.07 bits per heavy atom. The number of halogens is 2. The van der Waals surface area contributed by atoms with Crippen LogP contribution < -0.4 is 10.2 Å². The van der Waals surface area contributed by atoms with E-state index in [9.17, 15) is 18.4 Å². The Hall–Kier alpha value is -3.06. The number of benzene rings is 2. The standard InChI is InChI=1S/C20H14F2N2O2S/c21-13-4-6-15(16(22)10-13)19(25)23-14-5-3-12-7-8-24(17(12)11-14)20(26)18-2-1-9-27-18/h1-6,9-11H,7-8H2,(H,23,25). The van der Waals surface area contributed by atoms with Crippen molar-refractivity contribution in [1.82, 2.24) is 0 Å². The van der Waals surface area contributed by atoms with E-state index in [1.165, 1.54) is 11.3 Å². The van der Waals surface area contributed by atoms with E-state index in [-0.39, 0.29) is 11.5 Å². The summed E-state index contributed by atoms with van der Waals surface area (Å²) in [6.45, 7) is 0.566. The highest BCUT2D eigenvalue weighted by atomic mass is 32.1. The first-order valence-electron chi connectivity index (χ1n) is 8.27. The summed E-state index contributed by atoms with van der Waals surface area (Å²) in [5.74, 6) is -2.44. The average molecular weight is 384 g/mol. The quantitative estimate of drug-likeness (QED) is 0.724. The predicted molar refractivity (Wildman–Crippen MR) is 100 cm³/mol. The first-order chi connectivity index (χ1) is 13.0. The van der Waals surface area contributed by atoms with Crippen molar-refractivity contribution >= 4 is 34.5 Å².